The van der Waals surface area contributed by atoms with E-state index >= 15 is 0 Å². The summed E-state index contributed by atoms with van der Waals surface area (Å²) >= 11 is 0. The topological polar surface area (TPSA) is 35.0 Å². The fraction of sp³-hybridized carbons (Fsp3) is 0.200. The van der Waals surface area contributed by atoms with Crippen molar-refractivity contribution in [3.05, 3.63) is 66.2 Å². The van der Waals surface area contributed by atoms with Gasteiger partial charge in [0.25, 0.3) is 0 Å². The maximum atomic E-state index is 5.74. The van der Waals surface area contributed by atoms with E-state index in [0.29, 0.717) is 6.01 Å². The monoisotopic (exact) mass is 304 g/mol. The lowest BCUT2D eigenvalue weighted by molar-refractivity contribution is 0.222. The normalized spacial score (nSPS) is 10.8. The van der Waals surface area contributed by atoms with Gasteiger partial charge in [0.15, 0.2) is 0 Å². The average molecular weight is 304 g/mol. The van der Waals surface area contributed by atoms with Gasteiger partial charge in [-0.05, 0) is 26.8 Å². The molecule has 0 radical (unpaired) electrons. The fourth-order valence-electron chi connectivity index (χ4n) is 2.32. The Hall–Kier alpha value is -2.68. The molecular formula is C20H20N2O. The molecular weight excluding hydrogens is 284 g/mol. The minimum Gasteiger partial charge on any atom is -0.461 e. The van der Waals surface area contributed by atoms with E-state index in [0.717, 1.165) is 22.5 Å². The standard InChI is InChI=1S/C20H20N2O/c1-14(2)23-20-21-18(16-7-5-4-6-8-16)13-19(22-20)17-11-9-15(3)10-12-17/h4-14H,1-3H3. The summed E-state index contributed by atoms with van der Waals surface area (Å²) in [6.45, 7) is 6.03. The Morgan fingerprint density at radius 1 is 0.783 bits per heavy atom. The predicted molar refractivity (Wildman–Crippen MR) is 93.4 cm³/mol. The molecule has 0 amide bonds. The van der Waals surface area contributed by atoms with Gasteiger partial charge in [-0.15, -0.1) is 0 Å². The predicted octanol–water partition coefficient (Wildman–Crippen LogP) is 4.91. The van der Waals surface area contributed by atoms with Crippen molar-refractivity contribution in [1.82, 2.24) is 9.97 Å². The summed E-state index contributed by atoms with van der Waals surface area (Å²) in [7, 11) is 0. The molecule has 3 nitrogen and oxygen atoms in total. The first-order chi connectivity index (χ1) is 11.1. The van der Waals surface area contributed by atoms with Crippen molar-refractivity contribution in [3.8, 4) is 28.5 Å². The van der Waals surface area contributed by atoms with E-state index in [1.807, 2.05) is 50.2 Å². The summed E-state index contributed by atoms with van der Waals surface area (Å²) in [5.41, 5.74) is 5.08. The Kier molecular flexibility index (Phi) is 4.38. The van der Waals surface area contributed by atoms with Crippen molar-refractivity contribution in [2.75, 3.05) is 0 Å². The van der Waals surface area contributed by atoms with E-state index in [2.05, 4.69) is 41.2 Å². The highest BCUT2D eigenvalue weighted by molar-refractivity contribution is 5.68. The van der Waals surface area contributed by atoms with E-state index in [-0.39, 0.29) is 6.10 Å². The van der Waals surface area contributed by atoms with Gasteiger partial charge in [-0.1, -0.05) is 60.2 Å². The van der Waals surface area contributed by atoms with Crippen LogP contribution in [0.1, 0.15) is 19.4 Å². The lowest BCUT2D eigenvalue weighted by Crippen LogP contribution is -2.09. The van der Waals surface area contributed by atoms with Crippen LogP contribution in [0.2, 0.25) is 0 Å². The maximum absolute atomic E-state index is 5.74. The average Bonchev–Trinajstić information content (AvgIpc) is 2.55. The van der Waals surface area contributed by atoms with E-state index in [4.69, 9.17) is 4.74 Å². The number of rotatable bonds is 4. The van der Waals surface area contributed by atoms with Crippen LogP contribution in [-0.4, -0.2) is 16.1 Å². The number of ether oxygens (including phenoxy) is 1. The molecule has 3 heteroatoms. The molecule has 0 aliphatic rings. The lowest BCUT2D eigenvalue weighted by Gasteiger charge is -2.11. The quantitative estimate of drug-likeness (QED) is 0.687. The highest BCUT2D eigenvalue weighted by atomic mass is 16.5. The number of nitrogens with zero attached hydrogens (tertiary/aromatic N) is 2. The summed E-state index contributed by atoms with van der Waals surface area (Å²) in [4.78, 5) is 9.12. The maximum Gasteiger partial charge on any atom is 0.317 e. The second kappa shape index (κ2) is 6.61. The van der Waals surface area contributed by atoms with Crippen LogP contribution in [0, 0.1) is 6.92 Å². The molecule has 0 unspecified atom stereocenters. The van der Waals surface area contributed by atoms with Crippen molar-refractivity contribution in [2.24, 2.45) is 0 Å². The zero-order chi connectivity index (χ0) is 16.2. The zero-order valence-electron chi connectivity index (χ0n) is 13.7. The number of hydrogen-bond acceptors (Lipinski definition) is 3. The third-order valence-corrected chi connectivity index (χ3v) is 3.46. The minimum absolute atomic E-state index is 0.0342. The number of aromatic nitrogens is 2. The SMILES string of the molecule is Cc1ccc(-c2cc(-c3ccccc3)nc(OC(C)C)n2)cc1. The minimum atomic E-state index is 0.0342. The van der Waals surface area contributed by atoms with Crippen LogP contribution < -0.4 is 4.74 Å². The molecule has 23 heavy (non-hydrogen) atoms. The third kappa shape index (κ3) is 3.75. The van der Waals surface area contributed by atoms with Gasteiger partial charge in [0.1, 0.15) is 0 Å². The Morgan fingerprint density at radius 3 is 1.91 bits per heavy atom. The molecule has 0 aliphatic heterocycles. The Balaban J connectivity index is 2.09. The largest absolute Gasteiger partial charge is 0.461 e. The van der Waals surface area contributed by atoms with Gasteiger partial charge in [-0.3, -0.25) is 0 Å². The molecule has 3 aromatic rings. The van der Waals surface area contributed by atoms with Crippen molar-refractivity contribution >= 4 is 0 Å². The Labute approximate surface area is 137 Å². The molecule has 0 saturated heterocycles. The van der Waals surface area contributed by atoms with Gasteiger partial charge in [0, 0.05) is 11.1 Å². The van der Waals surface area contributed by atoms with Crippen LogP contribution in [0.15, 0.2) is 60.7 Å². The molecule has 0 N–H and O–H groups in total. The van der Waals surface area contributed by atoms with Crippen molar-refractivity contribution in [1.29, 1.82) is 0 Å². The van der Waals surface area contributed by atoms with Gasteiger partial charge >= 0.3 is 6.01 Å². The van der Waals surface area contributed by atoms with Crippen LogP contribution in [0.3, 0.4) is 0 Å². The van der Waals surface area contributed by atoms with Crippen molar-refractivity contribution < 1.29 is 4.74 Å². The van der Waals surface area contributed by atoms with Crippen LogP contribution in [0.4, 0.5) is 0 Å². The first-order valence-electron chi connectivity index (χ1n) is 7.80. The molecule has 3 rings (SSSR count). The van der Waals surface area contributed by atoms with Crippen LogP contribution in [0.25, 0.3) is 22.5 Å². The van der Waals surface area contributed by atoms with Crippen LogP contribution in [-0.2, 0) is 0 Å². The second-order valence-electron chi connectivity index (χ2n) is 5.82. The molecule has 0 saturated carbocycles. The van der Waals surface area contributed by atoms with Gasteiger partial charge in [-0.2, -0.15) is 9.97 Å². The summed E-state index contributed by atoms with van der Waals surface area (Å²) in [6, 6.07) is 20.8. The Morgan fingerprint density at radius 2 is 1.35 bits per heavy atom. The molecule has 116 valence electrons. The summed E-state index contributed by atoms with van der Waals surface area (Å²) in [6.07, 6.45) is 0.0342. The molecule has 1 heterocycles. The van der Waals surface area contributed by atoms with Gasteiger partial charge < -0.3 is 4.74 Å². The van der Waals surface area contributed by atoms with E-state index in [1.165, 1.54) is 5.56 Å². The summed E-state index contributed by atoms with van der Waals surface area (Å²) in [5.74, 6) is 0. The van der Waals surface area contributed by atoms with Gasteiger partial charge in [-0.25, -0.2) is 0 Å². The number of benzene rings is 2. The van der Waals surface area contributed by atoms with E-state index in [1.54, 1.807) is 0 Å². The molecule has 1 aromatic heterocycles. The lowest BCUT2D eigenvalue weighted by atomic mass is 10.1. The number of hydrogen-bond donors (Lipinski definition) is 0. The second-order valence-corrected chi connectivity index (χ2v) is 5.82. The molecule has 0 bridgehead atoms. The van der Waals surface area contributed by atoms with Crippen LogP contribution in [0.5, 0.6) is 6.01 Å². The fourth-order valence-corrected chi connectivity index (χ4v) is 2.32. The van der Waals surface area contributed by atoms with Gasteiger partial charge in [0.05, 0.1) is 17.5 Å². The zero-order valence-corrected chi connectivity index (χ0v) is 13.7. The first-order valence-corrected chi connectivity index (χ1v) is 7.80. The van der Waals surface area contributed by atoms with E-state index in [9.17, 15) is 0 Å². The van der Waals surface area contributed by atoms with E-state index < -0.39 is 0 Å². The molecule has 0 aliphatic carbocycles. The highest BCUT2D eigenvalue weighted by Crippen LogP contribution is 2.26. The smallest absolute Gasteiger partial charge is 0.317 e. The molecule has 0 spiro atoms. The van der Waals surface area contributed by atoms with Crippen molar-refractivity contribution in [2.45, 2.75) is 26.9 Å². The van der Waals surface area contributed by atoms with Gasteiger partial charge in [0.2, 0.25) is 0 Å². The van der Waals surface area contributed by atoms with Crippen molar-refractivity contribution in [3.63, 3.8) is 0 Å². The van der Waals surface area contributed by atoms with Crippen LogP contribution >= 0.6 is 0 Å². The Bertz CT molecular complexity index is 780. The molecule has 0 atom stereocenters. The highest BCUT2D eigenvalue weighted by Gasteiger charge is 2.10. The summed E-state index contributed by atoms with van der Waals surface area (Å²) < 4.78 is 5.74. The molecule has 2 aromatic carbocycles. The third-order valence-electron chi connectivity index (χ3n) is 3.46. The summed E-state index contributed by atoms with van der Waals surface area (Å²) in [5, 5.41) is 0. The molecule has 0 fully saturated rings. The number of aryl methyl sites for hydroxylation is 1. The first kappa shape index (κ1) is 15.2.